The van der Waals surface area contributed by atoms with E-state index in [4.69, 9.17) is 0 Å². The van der Waals surface area contributed by atoms with Gasteiger partial charge in [-0.3, -0.25) is 14.3 Å². The molecular formula is C11H18N4O3. The van der Waals surface area contributed by atoms with E-state index in [1.807, 2.05) is 13.8 Å². The van der Waals surface area contributed by atoms with E-state index in [1.165, 1.54) is 18.3 Å². The maximum atomic E-state index is 12.0. The van der Waals surface area contributed by atoms with Crippen LogP contribution >= 0.6 is 0 Å². The fourth-order valence-electron chi connectivity index (χ4n) is 1.46. The third-order valence-corrected chi connectivity index (χ3v) is 2.49. The van der Waals surface area contributed by atoms with E-state index in [0.717, 1.165) is 0 Å². The summed E-state index contributed by atoms with van der Waals surface area (Å²) < 4.78 is 6.15. The number of methoxy groups -OCH3 is 1. The number of aromatic nitrogens is 3. The summed E-state index contributed by atoms with van der Waals surface area (Å²) in [6.07, 6.45) is 3.24. The molecule has 0 radical (unpaired) electrons. The highest BCUT2D eigenvalue weighted by molar-refractivity contribution is 5.82. The molecule has 7 nitrogen and oxygen atoms in total. The number of amides is 1. The maximum absolute atomic E-state index is 12.0. The number of carbonyl (C=O) groups excluding carboxylic acids is 2. The van der Waals surface area contributed by atoms with Crippen molar-refractivity contribution in [3.8, 4) is 0 Å². The van der Waals surface area contributed by atoms with Crippen LogP contribution in [-0.4, -0.2) is 51.2 Å². The minimum Gasteiger partial charge on any atom is -0.468 e. The number of aryl methyl sites for hydroxylation is 1. The Morgan fingerprint density at radius 1 is 1.44 bits per heavy atom. The molecule has 0 aliphatic carbocycles. The minimum atomic E-state index is -0.419. The number of esters is 1. The van der Waals surface area contributed by atoms with E-state index in [-0.39, 0.29) is 24.9 Å². The first kappa shape index (κ1) is 14.1. The van der Waals surface area contributed by atoms with Crippen molar-refractivity contribution in [1.82, 2.24) is 19.7 Å². The van der Waals surface area contributed by atoms with Crippen molar-refractivity contribution < 1.29 is 14.3 Å². The van der Waals surface area contributed by atoms with Crippen molar-refractivity contribution in [3.63, 3.8) is 0 Å². The van der Waals surface area contributed by atoms with Gasteiger partial charge in [0.05, 0.1) is 13.7 Å². The Hall–Kier alpha value is -1.92. The van der Waals surface area contributed by atoms with Gasteiger partial charge in [-0.2, -0.15) is 5.10 Å². The summed E-state index contributed by atoms with van der Waals surface area (Å²) in [5.74, 6) is -0.524. The lowest BCUT2D eigenvalue weighted by Crippen LogP contribution is -2.41. The fourth-order valence-corrected chi connectivity index (χ4v) is 1.46. The van der Waals surface area contributed by atoms with Gasteiger partial charge >= 0.3 is 5.97 Å². The highest BCUT2D eigenvalue weighted by Gasteiger charge is 2.20. The van der Waals surface area contributed by atoms with E-state index in [0.29, 0.717) is 6.54 Å². The highest BCUT2D eigenvalue weighted by atomic mass is 16.5. The first-order valence-electron chi connectivity index (χ1n) is 5.73. The van der Waals surface area contributed by atoms with Crippen LogP contribution in [0.4, 0.5) is 0 Å². The van der Waals surface area contributed by atoms with Gasteiger partial charge in [0.1, 0.15) is 19.2 Å². The average Bonchev–Trinajstić information content (AvgIpc) is 2.85. The van der Waals surface area contributed by atoms with Crippen molar-refractivity contribution in [2.75, 3.05) is 13.7 Å². The SMILES string of the molecule is COC(=O)CN(C(=O)CCn1cncn1)C(C)C. The zero-order chi connectivity index (χ0) is 13.5. The smallest absolute Gasteiger partial charge is 0.325 e. The molecule has 1 aromatic rings. The van der Waals surface area contributed by atoms with Gasteiger partial charge < -0.3 is 9.64 Å². The summed E-state index contributed by atoms with van der Waals surface area (Å²) in [4.78, 5) is 28.5. The predicted molar refractivity (Wildman–Crippen MR) is 63.5 cm³/mol. The molecule has 0 spiro atoms. The van der Waals surface area contributed by atoms with Crippen LogP contribution in [0.25, 0.3) is 0 Å². The third-order valence-electron chi connectivity index (χ3n) is 2.49. The number of hydrogen-bond acceptors (Lipinski definition) is 5. The molecule has 0 aliphatic heterocycles. The second kappa shape index (κ2) is 6.73. The van der Waals surface area contributed by atoms with Crippen LogP contribution in [0.1, 0.15) is 20.3 Å². The third kappa shape index (κ3) is 4.15. The zero-order valence-electron chi connectivity index (χ0n) is 10.9. The van der Waals surface area contributed by atoms with Crippen LogP contribution in [0.2, 0.25) is 0 Å². The number of hydrogen-bond donors (Lipinski definition) is 0. The largest absolute Gasteiger partial charge is 0.468 e. The van der Waals surface area contributed by atoms with Crippen LogP contribution in [0.15, 0.2) is 12.7 Å². The van der Waals surface area contributed by atoms with Gasteiger partial charge in [0.25, 0.3) is 0 Å². The molecular weight excluding hydrogens is 236 g/mol. The topological polar surface area (TPSA) is 77.3 Å². The van der Waals surface area contributed by atoms with E-state index in [2.05, 4.69) is 14.8 Å². The molecule has 100 valence electrons. The Balaban J connectivity index is 2.51. The molecule has 0 N–H and O–H groups in total. The Kier molecular flexibility index (Phi) is 5.29. The Morgan fingerprint density at radius 2 is 2.17 bits per heavy atom. The summed E-state index contributed by atoms with van der Waals surface area (Å²) in [6.45, 7) is 4.14. The molecule has 7 heteroatoms. The van der Waals surface area contributed by atoms with Gasteiger partial charge in [0, 0.05) is 12.5 Å². The molecule has 0 saturated heterocycles. The summed E-state index contributed by atoms with van der Waals surface area (Å²) >= 11 is 0. The van der Waals surface area contributed by atoms with Crippen LogP contribution < -0.4 is 0 Å². The first-order chi connectivity index (χ1) is 8.54. The van der Waals surface area contributed by atoms with Crippen LogP contribution in [-0.2, 0) is 20.9 Å². The molecule has 0 saturated carbocycles. The van der Waals surface area contributed by atoms with E-state index < -0.39 is 5.97 Å². The maximum Gasteiger partial charge on any atom is 0.325 e. The van der Waals surface area contributed by atoms with E-state index in [1.54, 1.807) is 11.0 Å². The Bertz CT molecular complexity index is 389. The Labute approximate surface area is 106 Å². The van der Waals surface area contributed by atoms with Gasteiger partial charge in [-0.05, 0) is 13.8 Å². The number of rotatable bonds is 6. The second-order valence-electron chi connectivity index (χ2n) is 4.10. The van der Waals surface area contributed by atoms with E-state index >= 15 is 0 Å². The number of nitrogens with zero attached hydrogens (tertiary/aromatic N) is 4. The van der Waals surface area contributed by atoms with Crippen molar-refractivity contribution in [3.05, 3.63) is 12.7 Å². The lowest BCUT2D eigenvalue weighted by molar-refractivity contribution is -0.148. The van der Waals surface area contributed by atoms with Crippen molar-refractivity contribution in [2.45, 2.75) is 32.9 Å². The summed E-state index contributed by atoms with van der Waals surface area (Å²) in [6, 6.07) is -0.0488. The van der Waals surface area contributed by atoms with Crippen molar-refractivity contribution in [1.29, 1.82) is 0 Å². The molecule has 1 amide bonds. The lowest BCUT2D eigenvalue weighted by atomic mass is 10.2. The van der Waals surface area contributed by atoms with Crippen molar-refractivity contribution >= 4 is 11.9 Å². The molecule has 1 rings (SSSR count). The molecule has 1 aromatic heterocycles. The highest BCUT2D eigenvalue weighted by Crippen LogP contribution is 2.03. The average molecular weight is 254 g/mol. The normalized spacial score (nSPS) is 10.4. The number of ether oxygens (including phenoxy) is 1. The molecule has 1 heterocycles. The lowest BCUT2D eigenvalue weighted by Gasteiger charge is -2.25. The van der Waals surface area contributed by atoms with Gasteiger partial charge in [0.2, 0.25) is 5.91 Å². The van der Waals surface area contributed by atoms with Crippen LogP contribution in [0, 0.1) is 0 Å². The van der Waals surface area contributed by atoms with Crippen LogP contribution in [0.5, 0.6) is 0 Å². The summed E-state index contributed by atoms with van der Waals surface area (Å²) in [7, 11) is 1.31. The summed E-state index contributed by atoms with van der Waals surface area (Å²) in [5.41, 5.74) is 0. The second-order valence-corrected chi connectivity index (χ2v) is 4.10. The molecule has 0 aromatic carbocycles. The predicted octanol–water partition coefficient (Wildman–Crippen LogP) is 0.0782. The molecule has 0 unspecified atom stereocenters. The van der Waals surface area contributed by atoms with Gasteiger partial charge in [-0.1, -0.05) is 0 Å². The molecule has 0 bridgehead atoms. The Morgan fingerprint density at radius 3 is 2.67 bits per heavy atom. The molecule has 0 atom stereocenters. The van der Waals surface area contributed by atoms with Gasteiger partial charge in [0.15, 0.2) is 0 Å². The first-order valence-corrected chi connectivity index (χ1v) is 5.73. The zero-order valence-corrected chi connectivity index (χ0v) is 10.9. The monoisotopic (exact) mass is 254 g/mol. The minimum absolute atomic E-state index is 0.0235. The molecule has 0 aliphatic rings. The van der Waals surface area contributed by atoms with Gasteiger partial charge in [-0.15, -0.1) is 0 Å². The van der Waals surface area contributed by atoms with E-state index in [9.17, 15) is 9.59 Å². The van der Waals surface area contributed by atoms with Gasteiger partial charge in [-0.25, -0.2) is 4.98 Å². The number of carbonyl (C=O) groups is 2. The standard InChI is InChI=1S/C11H18N4O3/c1-9(2)15(6-11(17)18-3)10(16)4-5-14-8-12-7-13-14/h7-9H,4-6H2,1-3H3. The summed E-state index contributed by atoms with van der Waals surface area (Å²) in [5, 5.41) is 3.91. The van der Waals surface area contributed by atoms with Crippen molar-refractivity contribution in [2.24, 2.45) is 0 Å². The fraction of sp³-hybridized carbons (Fsp3) is 0.636. The quantitative estimate of drug-likeness (QED) is 0.672. The van der Waals surface area contributed by atoms with Crippen LogP contribution in [0.3, 0.4) is 0 Å². The molecule has 0 fully saturated rings. The molecule has 18 heavy (non-hydrogen) atoms.